The van der Waals surface area contributed by atoms with Crippen molar-refractivity contribution in [1.29, 1.82) is 0 Å². The van der Waals surface area contributed by atoms with Crippen molar-refractivity contribution in [3.05, 3.63) is 0 Å². The Hall–Kier alpha value is -0.0800. The van der Waals surface area contributed by atoms with Crippen molar-refractivity contribution >= 4 is 0 Å². The molecule has 1 rings (SSSR count). The molecule has 14 heavy (non-hydrogen) atoms. The molecule has 2 heteroatoms. The summed E-state index contributed by atoms with van der Waals surface area (Å²) in [6, 6.07) is 0. The Bertz CT molecular complexity index is 196. The third kappa shape index (κ3) is 1.59. The minimum Gasteiger partial charge on any atom is -0.396 e. The predicted octanol–water partition coefficient (Wildman–Crippen LogP) is 2.34. The zero-order chi connectivity index (χ0) is 11.0. The molecule has 0 aromatic rings. The van der Waals surface area contributed by atoms with Crippen LogP contribution in [0.15, 0.2) is 0 Å². The van der Waals surface area contributed by atoms with Gasteiger partial charge in [-0.3, -0.25) is 0 Å². The molecule has 0 unspecified atom stereocenters. The summed E-state index contributed by atoms with van der Waals surface area (Å²) in [5.41, 5.74) is -0.613. The lowest BCUT2D eigenvalue weighted by molar-refractivity contribution is -0.198. The van der Waals surface area contributed by atoms with Gasteiger partial charge in [-0.05, 0) is 31.1 Å². The smallest absolute Gasteiger partial charge is 0.0720 e. The van der Waals surface area contributed by atoms with Crippen LogP contribution in [0.2, 0.25) is 0 Å². The van der Waals surface area contributed by atoms with E-state index in [4.69, 9.17) is 0 Å². The number of rotatable bonds is 4. The first-order chi connectivity index (χ1) is 6.35. The van der Waals surface area contributed by atoms with E-state index < -0.39 is 5.60 Å². The molecule has 1 aliphatic carbocycles. The Balaban J connectivity index is 2.82. The summed E-state index contributed by atoms with van der Waals surface area (Å²) in [4.78, 5) is 0. The maximum Gasteiger partial charge on any atom is 0.0720 e. The Labute approximate surface area is 87.3 Å². The molecule has 1 fully saturated rings. The van der Waals surface area contributed by atoms with Gasteiger partial charge in [0.05, 0.1) is 12.2 Å². The summed E-state index contributed by atoms with van der Waals surface area (Å²) < 4.78 is 0. The van der Waals surface area contributed by atoms with Crippen molar-refractivity contribution in [2.24, 2.45) is 10.8 Å². The molecule has 2 nitrogen and oxygen atoms in total. The van der Waals surface area contributed by atoms with Crippen molar-refractivity contribution in [3.8, 4) is 0 Å². The second-order valence-electron chi connectivity index (χ2n) is 5.69. The fourth-order valence-corrected chi connectivity index (χ4v) is 3.37. The van der Waals surface area contributed by atoms with Gasteiger partial charge < -0.3 is 10.2 Å². The molecule has 0 radical (unpaired) electrons. The Morgan fingerprint density at radius 1 is 1.14 bits per heavy atom. The van der Waals surface area contributed by atoms with Gasteiger partial charge in [0.2, 0.25) is 0 Å². The molecule has 0 amide bonds. The number of hydrogen-bond acceptors (Lipinski definition) is 2. The molecule has 0 bridgehead atoms. The lowest BCUT2D eigenvalue weighted by atomic mass is 9.47. The van der Waals surface area contributed by atoms with E-state index in [-0.39, 0.29) is 12.0 Å². The van der Waals surface area contributed by atoms with Gasteiger partial charge in [-0.1, -0.05) is 27.7 Å². The SMILES string of the molecule is CCC(O)(CC)C1(CO)CC(C)(C)C1. The zero-order valence-electron chi connectivity index (χ0n) is 9.93. The molecule has 2 N–H and O–H groups in total. The van der Waals surface area contributed by atoms with Crippen molar-refractivity contribution < 1.29 is 10.2 Å². The lowest BCUT2D eigenvalue weighted by Gasteiger charge is -2.60. The maximum absolute atomic E-state index is 10.5. The molecule has 0 aromatic carbocycles. The van der Waals surface area contributed by atoms with Crippen LogP contribution in [0.4, 0.5) is 0 Å². The molecule has 0 aromatic heterocycles. The van der Waals surface area contributed by atoms with Gasteiger partial charge in [-0.25, -0.2) is 0 Å². The van der Waals surface area contributed by atoms with Crippen LogP contribution in [0.25, 0.3) is 0 Å². The van der Waals surface area contributed by atoms with Crippen molar-refractivity contribution in [1.82, 2.24) is 0 Å². The van der Waals surface area contributed by atoms with Gasteiger partial charge in [0, 0.05) is 5.41 Å². The molecule has 1 saturated carbocycles. The summed E-state index contributed by atoms with van der Waals surface area (Å²) in [5, 5.41) is 20.0. The number of aliphatic hydroxyl groups excluding tert-OH is 1. The second-order valence-corrected chi connectivity index (χ2v) is 5.69. The summed E-state index contributed by atoms with van der Waals surface area (Å²) in [5.74, 6) is 0. The minimum absolute atomic E-state index is 0.120. The van der Waals surface area contributed by atoms with E-state index >= 15 is 0 Å². The highest BCUT2D eigenvalue weighted by Crippen LogP contribution is 2.60. The summed E-state index contributed by atoms with van der Waals surface area (Å²) in [6.45, 7) is 8.53. The van der Waals surface area contributed by atoms with Gasteiger partial charge in [-0.2, -0.15) is 0 Å². The van der Waals surface area contributed by atoms with Crippen LogP contribution in [-0.2, 0) is 0 Å². The van der Waals surface area contributed by atoms with Gasteiger partial charge >= 0.3 is 0 Å². The highest BCUT2D eigenvalue weighted by Gasteiger charge is 2.58. The predicted molar refractivity (Wildman–Crippen MR) is 58.1 cm³/mol. The maximum atomic E-state index is 10.5. The third-order valence-electron chi connectivity index (χ3n) is 4.09. The number of aliphatic hydroxyl groups is 2. The van der Waals surface area contributed by atoms with Crippen LogP contribution >= 0.6 is 0 Å². The fourth-order valence-electron chi connectivity index (χ4n) is 3.37. The van der Waals surface area contributed by atoms with Crippen LogP contribution in [0.3, 0.4) is 0 Å². The zero-order valence-corrected chi connectivity index (χ0v) is 9.93. The first-order valence-electron chi connectivity index (χ1n) is 5.68. The normalized spacial score (nSPS) is 24.4. The standard InChI is InChI=1S/C12H24O2/c1-5-12(14,6-2)11(9-13)7-10(3,4)8-11/h13-14H,5-9H2,1-4H3. The second kappa shape index (κ2) is 3.49. The van der Waals surface area contributed by atoms with E-state index in [2.05, 4.69) is 13.8 Å². The van der Waals surface area contributed by atoms with E-state index in [1.165, 1.54) is 0 Å². The summed E-state index contributed by atoms with van der Waals surface area (Å²) >= 11 is 0. The molecule has 84 valence electrons. The minimum atomic E-state index is -0.669. The Morgan fingerprint density at radius 3 is 1.79 bits per heavy atom. The highest BCUT2D eigenvalue weighted by molar-refractivity contribution is 5.08. The van der Waals surface area contributed by atoms with Crippen LogP contribution in [0.5, 0.6) is 0 Å². The third-order valence-corrected chi connectivity index (χ3v) is 4.09. The van der Waals surface area contributed by atoms with Gasteiger partial charge in [0.25, 0.3) is 0 Å². The molecular formula is C12H24O2. The molecule has 0 atom stereocenters. The monoisotopic (exact) mass is 200 g/mol. The molecular weight excluding hydrogens is 176 g/mol. The molecule has 0 aliphatic heterocycles. The highest BCUT2D eigenvalue weighted by atomic mass is 16.3. The first-order valence-corrected chi connectivity index (χ1v) is 5.68. The fraction of sp³-hybridized carbons (Fsp3) is 1.00. The lowest BCUT2D eigenvalue weighted by Crippen LogP contribution is -2.60. The van der Waals surface area contributed by atoms with E-state index in [0.717, 1.165) is 25.7 Å². The van der Waals surface area contributed by atoms with Gasteiger partial charge in [-0.15, -0.1) is 0 Å². The average Bonchev–Trinajstić information content (AvgIpc) is 2.12. The first kappa shape index (κ1) is 12.0. The Kier molecular flexibility index (Phi) is 2.99. The number of hydrogen-bond donors (Lipinski definition) is 2. The molecule has 0 spiro atoms. The van der Waals surface area contributed by atoms with Crippen molar-refractivity contribution in [2.45, 2.75) is 59.0 Å². The Morgan fingerprint density at radius 2 is 1.57 bits per heavy atom. The summed E-state index contributed by atoms with van der Waals surface area (Å²) in [6.07, 6.45) is 3.35. The molecule has 0 saturated heterocycles. The van der Waals surface area contributed by atoms with E-state index in [1.54, 1.807) is 0 Å². The van der Waals surface area contributed by atoms with E-state index in [9.17, 15) is 10.2 Å². The van der Waals surface area contributed by atoms with Crippen LogP contribution < -0.4 is 0 Å². The van der Waals surface area contributed by atoms with Crippen molar-refractivity contribution in [2.75, 3.05) is 6.61 Å². The molecule has 1 aliphatic rings. The largest absolute Gasteiger partial charge is 0.396 e. The summed E-state index contributed by atoms with van der Waals surface area (Å²) in [7, 11) is 0. The van der Waals surface area contributed by atoms with E-state index in [0.29, 0.717) is 5.41 Å². The van der Waals surface area contributed by atoms with E-state index in [1.807, 2.05) is 13.8 Å². The van der Waals surface area contributed by atoms with Gasteiger partial charge in [0.15, 0.2) is 0 Å². The van der Waals surface area contributed by atoms with Crippen molar-refractivity contribution in [3.63, 3.8) is 0 Å². The van der Waals surface area contributed by atoms with Crippen LogP contribution in [0.1, 0.15) is 53.4 Å². The van der Waals surface area contributed by atoms with Crippen LogP contribution in [0, 0.1) is 10.8 Å². The quantitative estimate of drug-likeness (QED) is 0.731. The van der Waals surface area contributed by atoms with Gasteiger partial charge in [0.1, 0.15) is 0 Å². The topological polar surface area (TPSA) is 40.5 Å². The van der Waals surface area contributed by atoms with Crippen LogP contribution in [-0.4, -0.2) is 22.4 Å². The molecule has 0 heterocycles. The average molecular weight is 200 g/mol.